The van der Waals surface area contributed by atoms with Gasteiger partial charge in [-0.25, -0.2) is 4.68 Å². The molecule has 2 aromatic carbocycles. The van der Waals surface area contributed by atoms with Crippen LogP contribution in [0.15, 0.2) is 48.7 Å². The average Bonchev–Trinajstić information content (AvgIpc) is 3.22. The molecule has 32 heavy (non-hydrogen) atoms. The van der Waals surface area contributed by atoms with Crippen molar-refractivity contribution in [3.8, 4) is 5.75 Å². The molecule has 3 aromatic rings. The second kappa shape index (κ2) is 6.99. The number of aromatic nitrogens is 2. The molecule has 0 radical (unpaired) electrons. The third kappa shape index (κ3) is 3.27. The molecule has 0 aliphatic carbocycles. The Kier molecular flexibility index (Phi) is 4.45. The van der Waals surface area contributed by atoms with E-state index >= 15 is 0 Å². The Morgan fingerprint density at radius 1 is 1.09 bits per heavy atom. The van der Waals surface area contributed by atoms with Crippen molar-refractivity contribution in [2.45, 2.75) is 24.7 Å². The molecule has 0 bridgehead atoms. The number of benzene rings is 2. The zero-order valence-corrected chi connectivity index (χ0v) is 16.9. The standard InChI is InChI=1S/C21H14ClF3N4O3/c22-12-3-6-16-14(7-12)20(19(31)27-16)8-17(30)28-18-15(20)9-26-29(18)10-11-1-4-13(5-2-11)32-21(23,24)25/h1-7,9H,8,10H2,(H,27,31)(H,28,30)/t20-/m1/s1. The van der Waals surface area contributed by atoms with Crippen LogP contribution in [-0.2, 0) is 21.5 Å². The first-order chi connectivity index (χ1) is 15.2. The fraction of sp³-hybridized carbons (Fsp3) is 0.190. The minimum absolute atomic E-state index is 0.103. The normalized spacial score (nSPS) is 19.4. The van der Waals surface area contributed by atoms with E-state index in [1.54, 1.807) is 18.2 Å². The van der Waals surface area contributed by atoms with Crippen LogP contribution >= 0.6 is 11.6 Å². The maximum atomic E-state index is 13.1. The lowest BCUT2D eigenvalue weighted by atomic mass is 9.72. The van der Waals surface area contributed by atoms with Gasteiger partial charge < -0.3 is 15.4 Å². The molecular weight excluding hydrogens is 449 g/mol. The van der Waals surface area contributed by atoms with Gasteiger partial charge in [-0.15, -0.1) is 13.2 Å². The highest BCUT2D eigenvalue weighted by molar-refractivity contribution is 6.31. The Balaban J connectivity index is 1.52. The largest absolute Gasteiger partial charge is 0.573 e. The lowest BCUT2D eigenvalue weighted by molar-refractivity contribution is -0.274. The molecule has 0 fully saturated rings. The molecule has 0 unspecified atom stereocenters. The molecule has 0 saturated carbocycles. The molecule has 2 aliphatic heterocycles. The summed E-state index contributed by atoms with van der Waals surface area (Å²) < 4.78 is 42.5. The van der Waals surface area contributed by atoms with Crippen LogP contribution in [-0.4, -0.2) is 28.0 Å². The molecule has 1 spiro atoms. The summed E-state index contributed by atoms with van der Waals surface area (Å²) in [6, 6.07) is 10.3. The van der Waals surface area contributed by atoms with Crippen molar-refractivity contribution in [3.63, 3.8) is 0 Å². The van der Waals surface area contributed by atoms with E-state index in [1.165, 1.54) is 35.1 Å². The molecule has 0 saturated heterocycles. The predicted octanol–water partition coefficient (Wildman–Crippen LogP) is 4.06. The van der Waals surface area contributed by atoms with Gasteiger partial charge >= 0.3 is 6.36 Å². The van der Waals surface area contributed by atoms with Gasteiger partial charge in [0, 0.05) is 22.7 Å². The molecule has 7 nitrogen and oxygen atoms in total. The highest BCUT2D eigenvalue weighted by Crippen LogP contribution is 2.50. The van der Waals surface area contributed by atoms with Gasteiger partial charge in [0.05, 0.1) is 12.7 Å². The molecule has 2 amide bonds. The van der Waals surface area contributed by atoms with Gasteiger partial charge in [0.15, 0.2) is 0 Å². The van der Waals surface area contributed by atoms with Crippen LogP contribution in [0.1, 0.15) is 23.1 Å². The third-order valence-corrected chi connectivity index (χ3v) is 5.78. The van der Waals surface area contributed by atoms with E-state index in [0.717, 1.165) is 0 Å². The van der Waals surface area contributed by atoms with Crippen LogP contribution < -0.4 is 15.4 Å². The first-order valence-corrected chi connectivity index (χ1v) is 9.86. The van der Waals surface area contributed by atoms with Gasteiger partial charge in [-0.05, 0) is 41.5 Å². The number of ether oxygens (including phenoxy) is 1. The van der Waals surface area contributed by atoms with Crippen molar-refractivity contribution in [1.82, 2.24) is 9.78 Å². The summed E-state index contributed by atoms with van der Waals surface area (Å²) in [5, 5.41) is 10.3. The lowest BCUT2D eigenvalue weighted by Crippen LogP contribution is -2.43. The first kappa shape index (κ1) is 20.4. The SMILES string of the molecule is O=C1C[C@]2(C(=O)Nc3ccc(Cl)cc32)c2cnn(Cc3ccc(OC(F)(F)F)cc3)c2N1. The maximum absolute atomic E-state index is 13.1. The molecule has 2 N–H and O–H groups in total. The summed E-state index contributed by atoms with van der Waals surface area (Å²) in [7, 11) is 0. The van der Waals surface area contributed by atoms with Gasteiger partial charge in [-0.2, -0.15) is 5.10 Å². The maximum Gasteiger partial charge on any atom is 0.573 e. The second-order valence-corrected chi connectivity index (χ2v) is 7.97. The topological polar surface area (TPSA) is 85.2 Å². The summed E-state index contributed by atoms with van der Waals surface area (Å²) in [5.74, 6) is -0.706. The smallest absolute Gasteiger partial charge is 0.406 e. The summed E-state index contributed by atoms with van der Waals surface area (Å²) in [5.41, 5.74) is 1.05. The molecule has 1 aromatic heterocycles. The molecule has 164 valence electrons. The van der Waals surface area contributed by atoms with E-state index in [1.807, 2.05) is 0 Å². The van der Waals surface area contributed by atoms with Crippen LogP contribution in [0, 0.1) is 0 Å². The number of carbonyl (C=O) groups excluding carboxylic acids is 2. The molecule has 2 aliphatic rings. The van der Waals surface area contributed by atoms with Gasteiger partial charge in [0.25, 0.3) is 0 Å². The number of hydrogen-bond donors (Lipinski definition) is 2. The fourth-order valence-electron chi connectivity index (χ4n) is 4.20. The van der Waals surface area contributed by atoms with E-state index in [0.29, 0.717) is 33.2 Å². The summed E-state index contributed by atoms with van der Waals surface area (Å²) in [4.78, 5) is 25.7. The number of nitrogens with zero attached hydrogens (tertiary/aromatic N) is 2. The first-order valence-electron chi connectivity index (χ1n) is 9.48. The van der Waals surface area contributed by atoms with Crippen molar-refractivity contribution in [1.29, 1.82) is 0 Å². The van der Waals surface area contributed by atoms with Gasteiger partial charge in [0.1, 0.15) is 17.0 Å². The summed E-state index contributed by atoms with van der Waals surface area (Å²) >= 11 is 6.16. The Bertz CT molecular complexity index is 1260. The fourth-order valence-corrected chi connectivity index (χ4v) is 4.38. The van der Waals surface area contributed by atoms with Crippen molar-refractivity contribution in [2.24, 2.45) is 0 Å². The Labute approximate surface area is 184 Å². The van der Waals surface area contributed by atoms with E-state index in [-0.39, 0.29) is 30.5 Å². The quantitative estimate of drug-likeness (QED) is 0.614. The number of fused-ring (bicyclic) bond motifs is 4. The minimum Gasteiger partial charge on any atom is -0.406 e. The number of carbonyl (C=O) groups is 2. The lowest BCUT2D eigenvalue weighted by Gasteiger charge is -2.31. The monoisotopic (exact) mass is 462 g/mol. The van der Waals surface area contributed by atoms with Crippen LogP contribution in [0.5, 0.6) is 5.75 Å². The molecule has 1 atom stereocenters. The van der Waals surface area contributed by atoms with Crippen LogP contribution in [0.2, 0.25) is 5.02 Å². The van der Waals surface area contributed by atoms with Crippen LogP contribution in [0.25, 0.3) is 0 Å². The molecule has 3 heterocycles. The number of anilines is 2. The highest BCUT2D eigenvalue weighted by Gasteiger charge is 2.54. The van der Waals surface area contributed by atoms with E-state index in [2.05, 4.69) is 20.5 Å². The number of nitrogens with one attached hydrogen (secondary N) is 2. The summed E-state index contributed by atoms with van der Waals surface area (Å²) in [6.45, 7) is 0.155. The number of alkyl halides is 3. The van der Waals surface area contributed by atoms with Gasteiger partial charge in [-0.3, -0.25) is 9.59 Å². The molecule has 5 rings (SSSR count). The Morgan fingerprint density at radius 2 is 1.84 bits per heavy atom. The van der Waals surface area contributed by atoms with Gasteiger partial charge in [-0.1, -0.05) is 23.7 Å². The Morgan fingerprint density at radius 3 is 2.56 bits per heavy atom. The van der Waals surface area contributed by atoms with Crippen molar-refractivity contribution < 1.29 is 27.5 Å². The second-order valence-electron chi connectivity index (χ2n) is 7.53. The van der Waals surface area contributed by atoms with E-state index in [4.69, 9.17) is 11.6 Å². The molecule has 11 heteroatoms. The zero-order valence-electron chi connectivity index (χ0n) is 16.2. The minimum atomic E-state index is -4.78. The van der Waals surface area contributed by atoms with E-state index < -0.39 is 11.8 Å². The summed E-state index contributed by atoms with van der Waals surface area (Å²) in [6.07, 6.45) is -3.36. The predicted molar refractivity (Wildman–Crippen MR) is 109 cm³/mol. The third-order valence-electron chi connectivity index (χ3n) is 5.55. The molecular formula is C21H14ClF3N4O3. The highest BCUT2D eigenvalue weighted by atomic mass is 35.5. The number of amides is 2. The van der Waals surface area contributed by atoms with Gasteiger partial charge in [0.2, 0.25) is 11.8 Å². The van der Waals surface area contributed by atoms with E-state index in [9.17, 15) is 22.8 Å². The number of halogens is 4. The van der Waals surface area contributed by atoms with Crippen LogP contribution in [0.3, 0.4) is 0 Å². The number of rotatable bonds is 3. The zero-order chi connectivity index (χ0) is 22.7. The average molecular weight is 463 g/mol. The van der Waals surface area contributed by atoms with Crippen LogP contribution in [0.4, 0.5) is 24.7 Å². The van der Waals surface area contributed by atoms with Crippen molar-refractivity contribution in [3.05, 3.63) is 70.4 Å². The Hall–Kier alpha value is -3.53. The van der Waals surface area contributed by atoms with Crippen molar-refractivity contribution in [2.75, 3.05) is 10.6 Å². The van der Waals surface area contributed by atoms with Crippen molar-refractivity contribution >= 4 is 34.9 Å². The number of hydrogen-bond acceptors (Lipinski definition) is 4.